The number of aromatic nitrogens is 2. The van der Waals surface area contributed by atoms with Gasteiger partial charge >= 0.3 is 6.36 Å². The van der Waals surface area contributed by atoms with Crippen molar-refractivity contribution >= 4 is 37.7 Å². The lowest BCUT2D eigenvalue weighted by atomic mass is 10.0. The van der Waals surface area contributed by atoms with Crippen molar-refractivity contribution in [2.45, 2.75) is 6.36 Å². The van der Waals surface area contributed by atoms with E-state index in [0.29, 0.717) is 5.39 Å². The Morgan fingerprint density at radius 1 is 0.833 bits per heavy atom. The molecule has 0 saturated carbocycles. The maximum absolute atomic E-state index is 12.5. The van der Waals surface area contributed by atoms with Crippen LogP contribution in [0.5, 0.6) is 5.75 Å². The Morgan fingerprint density at radius 2 is 1.42 bits per heavy atom. The number of alkyl halides is 3. The summed E-state index contributed by atoms with van der Waals surface area (Å²) < 4.78 is 42.3. The second kappa shape index (κ2) is 5.31. The molecule has 0 aliphatic heterocycles. The standard InChI is InChI=1S/C17H10BrF3N2O/c18-9-1-3-15-11(5-9)13(7-22-15)14-8-23-16-4-2-10(6-12(14)16)24-17(19,20)21/h1-8,22-23H. The van der Waals surface area contributed by atoms with Crippen molar-refractivity contribution < 1.29 is 17.9 Å². The van der Waals surface area contributed by atoms with Crippen LogP contribution >= 0.6 is 15.9 Å². The van der Waals surface area contributed by atoms with Crippen molar-refractivity contribution in [3.63, 3.8) is 0 Å². The van der Waals surface area contributed by atoms with Gasteiger partial charge in [0.2, 0.25) is 0 Å². The molecule has 0 fully saturated rings. The van der Waals surface area contributed by atoms with Gasteiger partial charge in [0.15, 0.2) is 0 Å². The van der Waals surface area contributed by atoms with Crippen LogP contribution in [0.2, 0.25) is 0 Å². The number of hydrogen-bond donors (Lipinski definition) is 2. The van der Waals surface area contributed by atoms with Gasteiger partial charge < -0.3 is 14.7 Å². The highest BCUT2D eigenvalue weighted by Gasteiger charge is 2.31. The van der Waals surface area contributed by atoms with Crippen molar-refractivity contribution in [3.05, 3.63) is 53.3 Å². The molecule has 2 heterocycles. The molecular weight excluding hydrogens is 385 g/mol. The third-order valence-electron chi connectivity index (χ3n) is 3.82. The number of fused-ring (bicyclic) bond motifs is 2. The molecule has 2 N–H and O–H groups in total. The second-order valence-corrected chi connectivity index (χ2v) is 6.27. The van der Waals surface area contributed by atoms with Crippen molar-refractivity contribution in [1.29, 1.82) is 0 Å². The lowest BCUT2D eigenvalue weighted by Gasteiger charge is -2.09. The van der Waals surface area contributed by atoms with E-state index in [1.54, 1.807) is 12.3 Å². The van der Waals surface area contributed by atoms with Crippen molar-refractivity contribution in [3.8, 4) is 16.9 Å². The zero-order valence-electron chi connectivity index (χ0n) is 12.0. The van der Waals surface area contributed by atoms with E-state index in [1.165, 1.54) is 12.1 Å². The van der Waals surface area contributed by atoms with E-state index in [9.17, 15) is 13.2 Å². The fourth-order valence-electron chi connectivity index (χ4n) is 2.84. The van der Waals surface area contributed by atoms with Crippen molar-refractivity contribution in [2.75, 3.05) is 0 Å². The van der Waals surface area contributed by atoms with E-state index in [2.05, 4.69) is 30.6 Å². The first-order valence-corrected chi connectivity index (χ1v) is 7.84. The average Bonchev–Trinajstić information content (AvgIpc) is 3.08. The first-order valence-electron chi connectivity index (χ1n) is 7.04. The zero-order valence-corrected chi connectivity index (χ0v) is 13.6. The van der Waals surface area contributed by atoms with Gasteiger partial charge in [-0.15, -0.1) is 13.2 Å². The molecule has 4 rings (SSSR count). The van der Waals surface area contributed by atoms with E-state index in [-0.39, 0.29) is 5.75 Å². The topological polar surface area (TPSA) is 40.8 Å². The number of ether oxygens (including phenoxy) is 1. The van der Waals surface area contributed by atoms with Gasteiger partial charge in [-0.3, -0.25) is 0 Å². The summed E-state index contributed by atoms with van der Waals surface area (Å²) in [5, 5.41) is 1.64. The highest BCUT2D eigenvalue weighted by molar-refractivity contribution is 9.10. The van der Waals surface area contributed by atoms with Gasteiger partial charge in [0.05, 0.1) is 0 Å². The normalized spacial score (nSPS) is 12.2. The monoisotopic (exact) mass is 394 g/mol. The van der Waals surface area contributed by atoms with Gasteiger partial charge in [0.1, 0.15) is 5.75 Å². The summed E-state index contributed by atoms with van der Waals surface area (Å²) in [5.74, 6) is -0.239. The Bertz CT molecular complexity index is 1050. The number of rotatable bonds is 2. The predicted molar refractivity (Wildman–Crippen MR) is 90.0 cm³/mol. The average molecular weight is 395 g/mol. The molecule has 0 saturated heterocycles. The van der Waals surface area contributed by atoms with Crippen LogP contribution in [0.3, 0.4) is 0 Å². The van der Waals surface area contributed by atoms with E-state index < -0.39 is 6.36 Å². The molecule has 4 aromatic rings. The number of benzene rings is 2. The van der Waals surface area contributed by atoms with Crippen LogP contribution in [-0.4, -0.2) is 16.3 Å². The Hall–Kier alpha value is -2.41. The van der Waals surface area contributed by atoms with Gasteiger partial charge in [-0.2, -0.15) is 0 Å². The molecule has 0 bridgehead atoms. The fourth-order valence-corrected chi connectivity index (χ4v) is 3.20. The molecular formula is C17H10BrF3N2O. The van der Waals surface area contributed by atoms with Crippen LogP contribution in [0.4, 0.5) is 13.2 Å². The van der Waals surface area contributed by atoms with Crippen LogP contribution in [-0.2, 0) is 0 Å². The van der Waals surface area contributed by atoms with E-state index in [4.69, 9.17) is 0 Å². The molecule has 2 aromatic heterocycles. The van der Waals surface area contributed by atoms with Crippen molar-refractivity contribution in [2.24, 2.45) is 0 Å². The Labute approximate surface area is 142 Å². The number of H-pyrrole nitrogens is 2. The van der Waals surface area contributed by atoms with Crippen LogP contribution in [0, 0.1) is 0 Å². The van der Waals surface area contributed by atoms with Gasteiger partial charge in [-0.05, 0) is 36.4 Å². The molecule has 0 radical (unpaired) electrons. The summed E-state index contributed by atoms with van der Waals surface area (Å²) in [6, 6.07) is 10.1. The number of nitrogens with one attached hydrogen (secondary N) is 2. The SMILES string of the molecule is FC(F)(F)Oc1ccc2[nH]cc(-c3c[nH]c4ccc(Br)cc34)c2c1. The predicted octanol–water partition coefficient (Wildman–Crippen LogP) is 5.98. The molecule has 7 heteroatoms. The van der Waals surface area contributed by atoms with Crippen LogP contribution < -0.4 is 4.74 Å². The first kappa shape index (κ1) is 15.1. The van der Waals surface area contributed by atoms with Gasteiger partial charge in [-0.1, -0.05) is 15.9 Å². The Balaban J connectivity index is 1.89. The minimum atomic E-state index is -4.71. The summed E-state index contributed by atoms with van der Waals surface area (Å²) in [6.07, 6.45) is -1.08. The molecule has 0 atom stereocenters. The molecule has 0 spiro atoms. The van der Waals surface area contributed by atoms with Crippen LogP contribution in [0.15, 0.2) is 53.3 Å². The fraction of sp³-hybridized carbons (Fsp3) is 0.0588. The molecule has 24 heavy (non-hydrogen) atoms. The maximum atomic E-state index is 12.5. The smallest absolute Gasteiger partial charge is 0.406 e. The highest BCUT2D eigenvalue weighted by Crippen LogP contribution is 2.37. The molecule has 0 aliphatic rings. The maximum Gasteiger partial charge on any atom is 0.573 e. The summed E-state index contributed by atoms with van der Waals surface area (Å²) in [6.45, 7) is 0. The number of hydrogen-bond acceptors (Lipinski definition) is 1. The Morgan fingerprint density at radius 3 is 2.04 bits per heavy atom. The summed E-state index contributed by atoms with van der Waals surface area (Å²) in [7, 11) is 0. The third-order valence-corrected chi connectivity index (χ3v) is 4.31. The number of aromatic amines is 2. The summed E-state index contributed by atoms with van der Waals surface area (Å²) in [4.78, 5) is 6.26. The zero-order chi connectivity index (χ0) is 16.9. The minimum Gasteiger partial charge on any atom is -0.406 e. The summed E-state index contributed by atoms with van der Waals surface area (Å²) >= 11 is 3.44. The van der Waals surface area contributed by atoms with E-state index in [1.807, 2.05) is 24.4 Å². The second-order valence-electron chi connectivity index (χ2n) is 5.35. The lowest BCUT2D eigenvalue weighted by Crippen LogP contribution is -2.16. The Kier molecular flexibility index (Phi) is 3.35. The largest absolute Gasteiger partial charge is 0.573 e. The lowest BCUT2D eigenvalue weighted by molar-refractivity contribution is -0.274. The minimum absolute atomic E-state index is 0.239. The molecule has 0 amide bonds. The quantitative estimate of drug-likeness (QED) is 0.431. The molecule has 0 aliphatic carbocycles. The summed E-state index contributed by atoms with van der Waals surface area (Å²) in [5.41, 5.74) is 3.40. The molecule has 0 unspecified atom stereocenters. The van der Waals surface area contributed by atoms with Crippen LogP contribution in [0.25, 0.3) is 32.9 Å². The molecule has 2 aromatic carbocycles. The highest BCUT2D eigenvalue weighted by atomic mass is 79.9. The van der Waals surface area contributed by atoms with E-state index >= 15 is 0 Å². The number of halogens is 4. The van der Waals surface area contributed by atoms with Gasteiger partial charge in [0.25, 0.3) is 0 Å². The van der Waals surface area contributed by atoms with Crippen molar-refractivity contribution in [1.82, 2.24) is 9.97 Å². The van der Waals surface area contributed by atoms with Gasteiger partial charge in [-0.25, -0.2) is 0 Å². The van der Waals surface area contributed by atoms with Gasteiger partial charge in [0, 0.05) is 49.8 Å². The third kappa shape index (κ3) is 2.65. The molecule has 3 nitrogen and oxygen atoms in total. The first-order chi connectivity index (χ1) is 11.4. The van der Waals surface area contributed by atoms with E-state index in [0.717, 1.165) is 32.0 Å². The van der Waals surface area contributed by atoms with Crippen LogP contribution in [0.1, 0.15) is 0 Å². The molecule has 122 valence electrons.